The Bertz CT molecular complexity index is 1790. The maximum atomic E-state index is 6.30. The van der Waals surface area contributed by atoms with E-state index in [1.165, 1.54) is 55.3 Å². The molecule has 2 heteroatoms. The van der Waals surface area contributed by atoms with Gasteiger partial charge in [0.15, 0.2) is 0 Å². The third-order valence-electron chi connectivity index (χ3n) is 7.56. The minimum Gasteiger partial charge on any atom is -0.456 e. The lowest BCUT2D eigenvalue weighted by molar-refractivity contribution is 0.668. The van der Waals surface area contributed by atoms with Gasteiger partial charge in [0.2, 0.25) is 0 Å². The third-order valence-corrected chi connectivity index (χ3v) is 8.22. The quantitative estimate of drug-likeness (QED) is 0.209. The molecule has 5 aromatic carbocycles. The van der Waals surface area contributed by atoms with E-state index in [9.17, 15) is 0 Å². The van der Waals surface area contributed by atoms with E-state index < -0.39 is 0 Å². The van der Waals surface area contributed by atoms with Gasteiger partial charge in [-0.25, -0.2) is 0 Å². The second-order valence-corrected chi connectivity index (χ2v) is 9.82. The zero-order valence-electron chi connectivity index (χ0n) is 17.6. The molecule has 154 valence electrons. The highest BCUT2D eigenvalue weighted by atomic mass is 79.9. The monoisotopic (exact) mass is 484 g/mol. The minimum atomic E-state index is -0.357. The van der Waals surface area contributed by atoms with Crippen molar-refractivity contribution in [2.75, 3.05) is 0 Å². The molecule has 0 fully saturated rings. The van der Waals surface area contributed by atoms with Gasteiger partial charge in [-0.3, -0.25) is 0 Å². The molecular weight excluding hydrogens is 468 g/mol. The zero-order valence-corrected chi connectivity index (χ0v) is 19.2. The number of hydrogen-bond donors (Lipinski definition) is 0. The number of hydrogen-bond acceptors (Lipinski definition) is 1. The molecule has 0 saturated carbocycles. The highest BCUT2D eigenvalue weighted by molar-refractivity contribution is 9.10. The van der Waals surface area contributed by atoms with E-state index in [-0.39, 0.29) is 5.41 Å². The Morgan fingerprint density at radius 2 is 1.24 bits per heavy atom. The minimum absolute atomic E-state index is 0.357. The van der Waals surface area contributed by atoms with Gasteiger partial charge in [0.25, 0.3) is 0 Å². The molecule has 1 atom stereocenters. The normalized spacial score (nSPS) is 17.4. The van der Waals surface area contributed by atoms with Gasteiger partial charge in [0, 0.05) is 15.2 Å². The lowest BCUT2D eigenvalue weighted by Gasteiger charge is -2.31. The van der Waals surface area contributed by atoms with Crippen molar-refractivity contribution < 1.29 is 4.42 Å². The summed E-state index contributed by atoms with van der Waals surface area (Å²) >= 11 is 3.96. The van der Waals surface area contributed by atoms with Crippen molar-refractivity contribution in [2.24, 2.45) is 0 Å². The second kappa shape index (κ2) is 6.03. The smallest absolute Gasteiger partial charge is 0.136 e. The summed E-state index contributed by atoms with van der Waals surface area (Å²) in [7, 11) is 0. The van der Waals surface area contributed by atoms with Crippen LogP contribution in [0.15, 0.2) is 112 Å². The van der Waals surface area contributed by atoms with Crippen molar-refractivity contribution in [3.8, 4) is 22.3 Å². The second-order valence-electron chi connectivity index (χ2n) is 8.96. The van der Waals surface area contributed by atoms with Gasteiger partial charge < -0.3 is 4.42 Å². The van der Waals surface area contributed by atoms with Crippen molar-refractivity contribution in [1.29, 1.82) is 0 Å². The molecule has 0 aliphatic heterocycles. The fraction of sp³-hybridized carbons (Fsp3) is 0.0323. The molecular formula is C31H17BrO. The summed E-state index contributed by atoms with van der Waals surface area (Å²) in [5.74, 6) is 0. The van der Waals surface area contributed by atoms with E-state index >= 15 is 0 Å². The first-order valence-corrected chi connectivity index (χ1v) is 12.0. The number of fused-ring (bicyclic) bond motifs is 14. The number of rotatable bonds is 0. The first-order valence-electron chi connectivity index (χ1n) is 11.2. The number of benzene rings is 5. The molecule has 33 heavy (non-hydrogen) atoms. The van der Waals surface area contributed by atoms with Crippen molar-refractivity contribution in [3.63, 3.8) is 0 Å². The summed E-state index contributed by atoms with van der Waals surface area (Å²) < 4.78 is 7.45. The zero-order chi connectivity index (χ0) is 21.7. The molecule has 0 amide bonds. The molecule has 1 nitrogen and oxygen atoms in total. The standard InChI is InChI=1S/C31H17BrO/c32-25-14-7-11-19-18-8-1-4-12-22(18)31(30(19)25)23-13-5-2-9-20(23)28-24(31)16-17-27-29(28)21-10-3-6-15-26(21)33-27/h1-17H. The van der Waals surface area contributed by atoms with Crippen LogP contribution in [-0.2, 0) is 5.41 Å². The van der Waals surface area contributed by atoms with Crippen LogP contribution < -0.4 is 0 Å². The van der Waals surface area contributed by atoms with Crippen molar-refractivity contribution in [3.05, 3.63) is 130 Å². The maximum Gasteiger partial charge on any atom is 0.136 e. The number of halogens is 1. The van der Waals surface area contributed by atoms with Crippen LogP contribution in [-0.4, -0.2) is 0 Å². The predicted octanol–water partition coefficient (Wildman–Crippen LogP) is 8.69. The van der Waals surface area contributed by atoms with E-state index in [1.54, 1.807) is 0 Å². The van der Waals surface area contributed by atoms with Gasteiger partial charge in [-0.1, -0.05) is 101 Å². The Morgan fingerprint density at radius 1 is 0.545 bits per heavy atom. The molecule has 1 heterocycles. The summed E-state index contributed by atoms with van der Waals surface area (Å²) in [6, 6.07) is 37.3. The van der Waals surface area contributed by atoms with Gasteiger partial charge in [0.05, 0.1) is 5.41 Å². The molecule has 2 aliphatic carbocycles. The average Bonchev–Trinajstić information content (AvgIpc) is 3.48. The van der Waals surface area contributed by atoms with Crippen molar-refractivity contribution >= 4 is 37.9 Å². The summed E-state index contributed by atoms with van der Waals surface area (Å²) in [4.78, 5) is 0. The summed E-state index contributed by atoms with van der Waals surface area (Å²) in [5, 5.41) is 2.39. The molecule has 6 aromatic rings. The van der Waals surface area contributed by atoms with E-state index in [4.69, 9.17) is 4.42 Å². The largest absolute Gasteiger partial charge is 0.456 e. The van der Waals surface area contributed by atoms with Gasteiger partial charge in [-0.2, -0.15) is 0 Å². The Balaban J connectivity index is 1.66. The molecule has 1 unspecified atom stereocenters. The number of para-hydroxylation sites is 1. The Hall–Kier alpha value is -3.62. The Kier molecular flexibility index (Phi) is 3.27. The molecule has 0 saturated heterocycles. The first kappa shape index (κ1) is 17.9. The first-order chi connectivity index (χ1) is 16.3. The van der Waals surface area contributed by atoms with Crippen LogP contribution in [0.3, 0.4) is 0 Å². The summed E-state index contributed by atoms with van der Waals surface area (Å²) in [6.45, 7) is 0. The molecule has 0 N–H and O–H groups in total. The van der Waals surface area contributed by atoms with E-state index in [1.807, 2.05) is 6.07 Å². The highest BCUT2D eigenvalue weighted by Gasteiger charge is 2.53. The van der Waals surface area contributed by atoms with Crippen molar-refractivity contribution in [2.45, 2.75) is 5.41 Å². The molecule has 1 aromatic heterocycles. The topological polar surface area (TPSA) is 13.1 Å². The van der Waals surface area contributed by atoms with Crippen LogP contribution >= 0.6 is 15.9 Å². The molecule has 0 bridgehead atoms. The SMILES string of the molecule is Brc1cccc2c1C1(c3ccccc3-2)c2ccccc2-c2c1ccc1oc3ccccc3c21. The Morgan fingerprint density at radius 3 is 2.12 bits per heavy atom. The molecule has 8 rings (SSSR count). The molecule has 1 spiro atoms. The summed E-state index contributed by atoms with van der Waals surface area (Å²) in [5.41, 5.74) is 12.1. The van der Waals surface area contributed by atoms with Crippen LogP contribution in [0.25, 0.3) is 44.2 Å². The average molecular weight is 485 g/mol. The van der Waals surface area contributed by atoms with E-state index in [0.717, 1.165) is 15.6 Å². The van der Waals surface area contributed by atoms with Crippen LogP contribution in [0.1, 0.15) is 22.3 Å². The fourth-order valence-electron chi connectivity index (χ4n) is 6.45. The van der Waals surface area contributed by atoms with E-state index in [2.05, 4.69) is 113 Å². The van der Waals surface area contributed by atoms with Crippen LogP contribution in [0, 0.1) is 0 Å². The van der Waals surface area contributed by atoms with Gasteiger partial charge in [-0.15, -0.1) is 0 Å². The van der Waals surface area contributed by atoms with Crippen LogP contribution in [0.2, 0.25) is 0 Å². The molecule has 2 aliphatic rings. The summed E-state index contributed by atoms with van der Waals surface area (Å²) in [6.07, 6.45) is 0. The highest BCUT2D eigenvalue weighted by Crippen LogP contribution is 2.65. The fourth-order valence-corrected chi connectivity index (χ4v) is 7.11. The maximum absolute atomic E-state index is 6.30. The van der Waals surface area contributed by atoms with E-state index in [0.29, 0.717) is 0 Å². The van der Waals surface area contributed by atoms with Gasteiger partial charge in [0.1, 0.15) is 11.2 Å². The Labute approximate surface area is 199 Å². The lowest BCUT2D eigenvalue weighted by atomic mass is 9.70. The third kappa shape index (κ3) is 1.96. The molecule has 0 radical (unpaired) electrons. The van der Waals surface area contributed by atoms with Crippen LogP contribution in [0.4, 0.5) is 0 Å². The van der Waals surface area contributed by atoms with Gasteiger partial charge >= 0.3 is 0 Å². The lowest BCUT2D eigenvalue weighted by Crippen LogP contribution is -2.26. The van der Waals surface area contributed by atoms with Crippen LogP contribution in [0.5, 0.6) is 0 Å². The predicted molar refractivity (Wildman–Crippen MR) is 138 cm³/mol. The number of furan rings is 1. The van der Waals surface area contributed by atoms with Gasteiger partial charge in [-0.05, 0) is 62.7 Å². The van der Waals surface area contributed by atoms with Crippen molar-refractivity contribution in [1.82, 2.24) is 0 Å².